The maximum absolute atomic E-state index is 2.27. The molecule has 0 spiro atoms. The van der Waals surface area contributed by atoms with Gasteiger partial charge in [-0.2, -0.15) is 0 Å². The van der Waals surface area contributed by atoms with Gasteiger partial charge in [0, 0.05) is 0 Å². The quantitative estimate of drug-likeness (QED) is 0.616. The van der Waals surface area contributed by atoms with E-state index in [2.05, 4.69) is 50.3 Å². The van der Waals surface area contributed by atoms with Gasteiger partial charge in [-0.3, -0.25) is 0 Å². The van der Waals surface area contributed by atoms with Gasteiger partial charge in [0.1, 0.15) is 0 Å². The zero-order chi connectivity index (χ0) is 9.97. The summed E-state index contributed by atoms with van der Waals surface area (Å²) in [7, 11) is 0. The van der Waals surface area contributed by atoms with E-state index in [1.54, 1.807) is 0 Å². The molecule has 1 aromatic rings. The van der Waals surface area contributed by atoms with Gasteiger partial charge in [-0.25, -0.2) is 0 Å². The lowest BCUT2D eigenvalue weighted by Gasteiger charge is -2.13. The molecule has 2 rings (SSSR count). The van der Waals surface area contributed by atoms with E-state index in [1.807, 2.05) is 0 Å². The summed E-state index contributed by atoms with van der Waals surface area (Å²) in [6.07, 6.45) is 6.93. The van der Waals surface area contributed by atoms with Crippen LogP contribution in [0.2, 0.25) is 0 Å². The fraction of sp³-hybridized carbons (Fsp3) is 0.286. The molecular weight excluding hydrogens is 168 g/mol. The van der Waals surface area contributed by atoms with Crippen molar-refractivity contribution in [3.8, 4) is 0 Å². The van der Waals surface area contributed by atoms with Crippen LogP contribution in [0.5, 0.6) is 0 Å². The van der Waals surface area contributed by atoms with Crippen molar-refractivity contribution in [1.29, 1.82) is 0 Å². The van der Waals surface area contributed by atoms with Gasteiger partial charge in [0.05, 0.1) is 0 Å². The highest BCUT2D eigenvalue weighted by atomic mass is 14.1. The number of hydrogen-bond acceptors (Lipinski definition) is 0. The molecule has 1 aromatic carbocycles. The second-order valence-corrected chi connectivity index (χ2v) is 4.00. The summed E-state index contributed by atoms with van der Waals surface area (Å²) in [6.45, 7) is 4.38. The van der Waals surface area contributed by atoms with Crippen molar-refractivity contribution in [3.63, 3.8) is 0 Å². The third-order valence-electron chi connectivity index (χ3n) is 2.76. The monoisotopic (exact) mass is 184 g/mol. The van der Waals surface area contributed by atoms with Gasteiger partial charge in [-0.15, -0.1) is 0 Å². The van der Waals surface area contributed by atoms with Crippen molar-refractivity contribution >= 4 is 5.57 Å². The molecule has 0 heteroatoms. The van der Waals surface area contributed by atoms with E-state index in [1.165, 1.54) is 35.1 Å². The molecule has 0 atom stereocenters. The average Bonchev–Trinajstić information content (AvgIpc) is 2.18. The molecule has 0 bridgehead atoms. The largest absolute Gasteiger partial charge is 0.0836 e. The maximum Gasteiger partial charge on any atom is -0.0182 e. The fourth-order valence-electron chi connectivity index (χ4n) is 1.93. The summed E-state index contributed by atoms with van der Waals surface area (Å²) < 4.78 is 0. The van der Waals surface area contributed by atoms with Crippen LogP contribution in [0, 0.1) is 6.92 Å². The molecule has 72 valence electrons. The summed E-state index contributed by atoms with van der Waals surface area (Å²) in [5.74, 6) is 0. The third kappa shape index (κ3) is 1.79. The van der Waals surface area contributed by atoms with Crippen LogP contribution < -0.4 is 0 Å². The molecule has 1 aliphatic carbocycles. The smallest absolute Gasteiger partial charge is 0.0182 e. The van der Waals surface area contributed by atoms with Gasteiger partial charge >= 0.3 is 0 Å². The predicted molar refractivity (Wildman–Crippen MR) is 62.1 cm³/mol. The van der Waals surface area contributed by atoms with E-state index in [-0.39, 0.29) is 0 Å². The molecule has 0 amide bonds. The minimum atomic E-state index is 1.20. The minimum absolute atomic E-state index is 1.20. The van der Waals surface area contributed by atoms with Gasteiger partial charge in [0.2, 0.25) is 0 Å². The Balaban J connectivity index is 2.44. The first kappa shape index (κ1) is 9.26. The van der Waals surface area contributed by atoms with Crippen molar-refractivity contribution in [2.45, 2.75) is 26.7 Å². The molecule has 0 aliphatic heterocycles. The van der Waals surface area contributed by atoms with Gasteiger partial charge < -0.3 is 0 Å². The van der Waals surface area contributed by atoms with Crippen molar-refractivity contribution in [2.24, 2.45) is 0 Å². The Kier molecular flexibility index (Phi) is 2.53. The highest BCUT2D eigenvalue weighted by Gasteiger charge is 2.05. The van der Waals surface area contributed by atoms with Crippen LogP contribution in [0.3, 0.4) is 0 Å². The molecule has 0 radical (unpaired) electrons. The van der Waals surface area contributed by atoms with E-state index < -0.39 is 0 Å². The lowest BCUT2D eigenvalue weighted by Crippen LogP contribution is -1.91. The topological polar surface area (TPSA) is 0 Å². The molecule has 1 aliphatic rings. The number of aryl methyl sites for hydroxylation is 1. The molecule has 0 N–H and O–H groups in total. The van der Waals surface area contributed by atoms with E-state index in [0.717, 1.165) is 0 Å². The van der Waals surface area contributed by atoms with Crippen LogP contribution in [0.4, 0.5) is 0 Å². The van der Waals surface area contributed by atoms with Crippen LogP contribution in [0.1, 0.15) is 30.9 Å². The molecule has 0 saturated carbocycles. The summed E-state index contributed by atoms with van der Waals surface area (Å²) in [6, 6.07) is 8.73. The van der Waals surface area contributed by atoms with Crippen molar-refractivity contribution in [3.05, 3.63) is 53.1 Å². The van der Waals surface area contributed by atoms with Gasteiger partial charge in [0.15, 0.2) is 0 Å². The number of hydrogen-bond donors (Lipinski definition) is 0. The highest BCUT2D eigenvalue weighted by molar-refractivity contribution is 5.77. The molecule has 0 unspecified atom stereocenters. The Hall–Kier alpha value is -1.30. The van der Waals surface area contributed by atoms with E-state index in [4.69, 9.17) is 0 Å². The summed E-state index contributed by atoms with van der Waals surface area (Å²) in [5.41, 5.74) is 5.62. The Morgan fingerprint density at radius 3 is 2.71 bits per heavy atom. The predicted octanol–water partition coefficient (Wildman–Crippen LogP) is 4.12. The number of benzene rings is 1. The van der Waals surface area contributed by atoms with Crippen molar-refractivity contribution in [1.82, 2.24) is 0 Å². The van der Waals surface area contributed by atoms with Gasteiger partial charge in [0.25, 0.3) is 0 Å². The number of rotatable bonds is 1. The van der Waals surface area contributed by atoms with Crippen LogP contribution in [0.25, 0.3) is 5.57 Å². The summed E-state index contributed by atoms with van der Waals surface area (Å²) >= 11 is 0. The van der Waals surface area contributed by atoms with Crippen LogP contribution in [0.15, 0.2) is 42.0 Å². The second-order valence-electron chi connectivity index (χ2n) is 4.00. The first-order valence-corrected chi connectivity index (χ1v) is 5.21. The van der Waals surface area contributed by atoms with Crippen molar-refractivity contribution in [2.75, 3.05) is 0 Å². The van der Waals surface area contributed by atoms with Gasteiger partial charge in [-0.05, 0) is 37.8 Å². The van der Waals surface area contributed by atoms with E-state index in [0.29, 0.717) is 0 Å². The zero-order valence-corrected chi connectivity index (χ0v) is 8.88. The standard InChI is InChI=1S/C14H16/c1-11-6-5-8-13(10-11)14-9-4-3-7-12(14)2/h4-6,8-10H,3,7H2,1-2H3. The van der Waals surface area contributed by atoms with Crippen LogP contribution >= 0.6 is 0 Å². The lowest BCUT2D eigenvalue weighted by atomic mass is 9.93. The SMILES string of the molecule is CC1=C(c2cccc(C)c2)C=CCC1. The molecule has 0 heterocycles. The summed E-state index contributed by atoms with van der Waals surface area (Å²) in [4.78, 5) is 0. The zero-order valence-electron chi connectivity index (χ0n) is 8.88. The molecule has 0 fully saturated rings. The third-order valence-corrected chi connectivity index (χ3v) is 2.76. The first-order chi connectivity index (χ1) is 6.77. The molecular formula is C14H16. The Morgan fingerprint density at radius 1 is 1.14 bits per heavy atom. The second kappa shape index (κ2) is 3.83. The van der Waals surface area contributed by atoms with Crippen LogP contribution in [-0.4, -0.2) is 0 Å². The molecule has 0 saturated heterocycles. The highest BCUT2D eigenvalue weighted by Crippen LogP contribution is 2.27. The first-order valence-electron chi connectivity index (χ1n) is 5.21. The molecule has 0 aromatic heterocycles. The maximum atomic E-state index is 2.27. The Bertz CT molecular complexity index is 394. The fourth-order valence-corrected chi connectivity index (χ4v) is 1.93. The summed E-state index contributed by atoms with van der Waals surface area (Å²) in [5, 5.41) is 0. The molecule has 0 nitrogen and oxygen atoms in total. The van der Waals surface area contributed by atoms with Crippen LogP contribution in [-0.2, 0) is 0 Å². The molecule has 14 heavy (non-hydrogen) atoms. The number of allylic oxidation sites excluding steroid dienone is 4. The van der Waals surface area contributed by atoms with Gasteiger partial charge in [-0.1, -0.05) is 47.6 Å². The average molecular weight is 184 g/mol. The lowest BCUT2D eigenvalue weighted by molar-refractivity contribution is 0.967. The van der Waals surface area contributed by atoms with Crippen molar-refractivity contribution < 1.29 is 0 Å². The Labute approximate surface area is 86.0 Å². The van der Waals surface area contributed by atoms with E-state index in [9.17, 15) is 0 Å². The minimum Gasteiger partial charge on any atom is -0.0836 e. The van der Waals surface area contributed by atoms with E-state index >= 15 is 0 Å². The normalized spacial score (nSPS) is 16.1. The Morgan fingerprint density at radius 2 is 2.00 bits per heavy atom.